The van der Waals surface area contributed by atoms with Crippen molar-refractivity contribution in [3.8, 4) is 6.07 Å². The van der Waals surface area contributed by atoms with E-state index in [2.05, 4.69) is 16.5 Å². The fourth-order valence-electron chi connectivity index (χ4n) is 1.95. The topological polar surface area (TPSA) is 95.0 Å². The van der Waals surface area contributed by atoms with Gasteiger partial charge in [0.2, 0.25) is 0 Å². The van der Waals surface area contributed by atoms with Crippen molar-refractivity contribution in [2.24, 2.45) is 11.8 Å². The van der Waals surface area contributed by atoms with Gasteiger partial charge in [0.15, 0.2) is 0 Å². The zero-order chi connectivity index (χ0) is 15.1. The molecule has 20 heavy (non-hydrogen) atoms. The highest BCUT2D eigenvalue weighted by atomic mass is 16.2. The zero-order valence-electron chi connectivity index (χ0n) is 12.2. The third kappa shape index (κ3) is 4.52. The molecule has 0 aromatic carbocycles. The Balaban J connectivity index is 2.98. The molecule has 1 heterocycles. The van der Waals surface area contributed by atoms with Gasteiger partial charge in [0.1, 0.15) is 5.82 Å². The van der Waals surface area contributed by atoms with Crippen LogP contribution in [0.15, 0.2) is 12.1 Å². The van der Waals surface area contributed by atoms with Crippen LogP contribution in [0.5, 0.6) is 0 Å². The largest absolute Gasteiger partial charge is 0.337 e. The number of nitriles is 1. The summed E-state index contributed by atoms with van der Waals surface area (Å²) in [5, 5.41) is 8.70. The summed E-state index contributed by atoms with van der Waals surface area (Å²) < 4.78 is 0. The third-order valence-electron chi connectivity index (χ3n) is 2.71. The van der Waals surface area contributed by atoms with Crippen LogP contribution in [0.2, 0.25) is 0 Å². The molecule has 1 rings (SSSR count). The second-order valence-electron chi connectivity index (χ2n) is 5.08. The summed E-state index contributed by atoms with van der Waals surface area (Å²) in [5.74, 6) is 6.04. The number of nitrogens with one attached hydrogen (secondary N) is 1. The second kappa shape index (κ2) is 7.46. The molecule has 1 amide bonds. The molecule has 6 nitrogen and oxygen atoms in total. The van der Waals surface area contributed by atoms with Crippen molar-refractivity contribution in [2.45, 2.75) is 27.2 Å². The number of anilines is 1. The van der Waals surface area contributed by atoms with Crippen molar-refractivity contribution in [1.82, 2.24) is 9.88 Å². The van der Waals surface area contributed by atoms with Gasteiger partial charge in [-0.1, -0.05) is 13.8 Å². The first-order valence-corrected chi connectivity index (χ1v) is 6.59. The predicted octanol–water partition coefficient (Wildman–Crippen LogP) is 1.69. The van der Waals surface area contributed by atoms with Gasteiger partial charge < -0.3 is 10.3 Å². The first-order chi connectivity index (χ1) is 9.47. The number of carbonyl (C=O) groups excluding carboxylic acids is 1. The molecular weight excluding hydrogens is 254 g/mol. The SMILES string of the molecule is Cc1cc(C(=O)N(CCC#N)CC(C)C)cc(NN)n1. The Hall–Kier alpha value is -2.13. The number of hydrazine groups is 1. The quantitative estimate of drug-likeness (QED) is 0.608. The van der Waals surface area contributed by atoms with Gasteiger partial charge in [0, 0.05) is 24.3 Å². The van der Waals surface area contributed by atoms with Crippen molar-refractivity contribution in [3.63, 3.8) is 0 Å². The number of rotatable bonds is 6. The van der Waals surface area contributed by atoms with Crippen molar-refractivity contribution >= 4 is 11.7 Å². The molecule has 0 aliphatic carbocycles. The van der Waals surface area contributed by atoms with Crippen LogP contribution in [0.25, 0.3) is 0 Å². The second-order valence-corrected chi connectivity index (χ2v) is 5.08. The van der Waals surface area contributed by atoms with E-state index in [9.17, 15) is 4.79 Å². The highest BCUT2D eigenvalue weighted by Gasteiger charge is 2.17. The minimum absolute atomic E-state index is 0.101. The lowest BCUT2D eigenvalue weighted by atomic mass is 10.1. The lowest BCUT2D eigenvalue weighted by Crippen LogP contribution is -2.35. The highest BCUT2D eigenvalue weighted by molar-refractivity contribution is 5.95. The van der Waals surface area contributed by atoms with Crippen LogP contribution in [-0.2, 0) is 0 Å². The van der Waals surface area contributed by atoms with Crippen LogP contribution >= 0.6 is 0 Å². The molecule has 108 valence electrons. The van der Waals surface area contributed by atoms with Crippen molar-refractivity contribution in [2.75, 3.05) is 18.5 Å². The van der Waals surface area contributed by atoms with E-state index in [1.807, 2.05) is 13.8 Å². The average molecular weight is 275 g/mol. The van der Waals surface area contributed by atoms with E-state index in [0.29, 0.717) is 42.5 Å². The van der Waals surface area contributed by atoms with Crippen LogP contribution in [0.3, 0.4) is 0 Å². The summed E-state index contributed by atoms with van der Waals surface area (Å²) in [6, 6.07) is 5.42. The van der Waals surface area contributed by atoms with Gasteiger partial charge >= 0.3 is 0 Å². The molecule has 0 aliphatic heterocycles. The number of aromatic nitrogens is 1. The van der Waals surface area contributed by atoms with Gasteiger partial charge in [-0.3, -0.25) is 4.79 Å². The van der Waals surface area contributed by atoms with E-state index in [1.165, 1.54) is 0 Å². The van der Waals surface area contributed by atoms with Gasteiger partial charge in [-0.25, -0.2) is 10.8 Å². The minimum atomic E-state index is -0.101. The van der Waals surface area contributed by atoms with E-state index >= 15 is 0 Å². The maximum absolute atomic E-state index is 12.5. The van der Waals surface area contributed by atoms with Gasteiger partial charge in [-0.2, -0.15) is 5.26 Å². The lowest BCUT2D eigenvalue weighted by molar-refractivity contribution is 0.0739. The first kappa shape index (κ1) is 15.9. The number of carbonyl (C=O) groups is 1. The number of hydrogen-bond donors (Lipinski definition) is 2. The maximum atomic E-state index is 12.5. The molecule has 6 heteroatoms. The number of nitrogens with zero attached hydrogens (tertiary/aromatic N) is 3. The molecule has 0 saturated carbocycles. The average Bonchev–Trinajstić information content (AvgIpc) is 2.41. The van der Waals surface area contributed by atoms with Crippen molar-refractivity contribution in [1.29, 1.82) is 5.26 Å². The Kier molecular flexibility index (Phi) is 5.94. The summed E-state index contributed by atoms with van der Waals surface area (Å²) in [6.07, 6.45) is 0.324. The summed E-state index contributed by atoms with van der Waals surface area (Å²) in [7, 11) is 0. The van der Waals surface area contributed by atoms with Crippen molar-refractivity contribution in [3.05, 3.63) is 23.4 Å². The highest BCUT2D eigenvalue weighted by Crippen LogP contribution is 2.13. The molecule has 0 unspecified atom stereocenters. The van der Waals surface area contributed by atoms with Gasteiger partial charge in [-0.05, 0) is 25.0 Å². The Morgan fingerprint density at radius 1 is 1.55 bits per heavy atom. The number of nitrogen functional groups attached to an aromatic ring is 1. The van der Waals surface area contributed by atoms with Crippen molar-refractivity contribution < 1.29 is 4.79 Å². The summed E-state index contributed by atoms with van der Waals surface area (Å²) in [6.45, 7) is 6.93. The summed E-state index contributed by atoms with van der Waals surface area (Å²) in [4.78, 5) is 18.4. The molecule has 1 aromatic rings. The fourth-order valence-corrected chi connectivity index (χ4v) is 1.95. The standard InChI is InChI=1S/C14H21N5O/c1-10(2)9-19(6-4-5-15)14(20)12-7-11(3)17-13(8-12)18-16/h7-8,10H,4,6,9,16H2,1-3H3,(H,17,18). The zero-order valence-corrected chi connectivity index (χ0v) is 12.2. The minimum Gasteiger partial charge on any atom is -0.337 e. The van der Waals surface area contributed by atoms with Crippen LogP contribution in [-0.4, -0.2) is 28.9 Å². The van der Waals surface area contributed by atoms with E-state index in [0.717, 1.165) is 0 Å². The molecule has 0 bridgehead atoms. The molecule has 0 fully saturated rings. The molecule has 3 N–H and O–H groups in total. The Labute approximate surface area is 119 Å². The smallest absolute Gasteiger partial charge is 0.254 e. The molecule has 0 aliphatic rings. The number of pyridine rings is 1. The normalized spacial score (nSPS) is 10.2. The van der Waals surface area contributed by atoms with Gasteiger partial charge in [0.05, 0.1) is 12.5 Å². The number of nitrogens with two attached hydrogens (primary N) is 1. The summed E-state index contributed by atoms with van der Waals surface area (Å²) in [5.41, 5.74) is 3.70. The molecular formula is C14H21N5O. The van der Waals surface area contributed by atoms with Gasteiger partial charge in [0.25, 0.3) is 5.91 Å². The lowest BCUT2D eigenvalue weighted by Gasteiger charge is -2.24. The molecule has 0 atom stereocenters. The summed E-state index contributed by atoms with van der Waals surface area (Å²) >= 11 is 0. The number of aryl methyl sites for hydroxylation is 1. The van der Waals surface area contributed by atoms with Gasteiger partial charge in [-0.15, -0.1) is 0 Å². The van der Waals surface area contributed by atoms with Crippen LogP contribution < -0.4 is 11.3 Å². The molecule has 1 aromatic heterocycles. The van der Waals surface area contributed by atoms with E-state index in [-0.39, 0.29) is 5.91 Å². The Bertz CT molecular complexity index is 507. The molecule has 0 spiro atoms. The fraction of sp³-hybridized carbons (Fsp3) is 0.500. The predicted molar refractivity (Wildman–Crippen MR) is 77.8 cm³/mol. The van der Waals surface area contributed by atoms with Crippen LogP contribution in [0.1, 0.15) is 36.3 Å². The Morgan fingerprint density at radius 2 is 2.25 bits per heavy atom. The number of amides is 1. The van der Waals surface area contributed by atoms with E-state index < -0.39 is 0 Å². The van der Waals surface area contributed by atoms with E-state index in [1.54, 1.807) is 24.0 Å². The first-order valence-electron chi connectivity index (χ1n) is 6.59. The third-order valence-corrected chi connectivity index (χ3v) is 2.71. The van der Waals surface area contributed by atoms with Crippen LogP contribution in [0, 0.1) is 24.2 Å². The van der Waals surface area contributed by atoms with Crippen LogP contribution in [0.4, 0.5) is 5.82 Å². The van der Waals surface area contributed by atoms with E-state index in [4.69, 9.17) is 11.1 Å². The number of hydrogen-bond acceptors (Lipinski definition) is 5. The maximum Gasteiger partial charge on any atom is 0.254 e. The monoisotopic (exact) mass is 275 g/mol. The molecule has 0 radical (unpaired) electrons. The molecule has 0 saturated heterocycles. The Morgan fingerprint density at radius 3 is 2.80 bits per heavy atom.